The Morgan fingerprint density at radius 2 is 2.17 bits per heavy atom. The molecule has 98 valence electrons. The molecule has 0 aliphatic rings. The molecular formula is C9H16FLiN2O3SSi. The molecule has 0 aliphatic heterocycles. The fourth-order valence-corrected chi connectivity index (χ4v) is 2.38. The maximum atomic E-state index is 13.0. The van der Waals surface area contributed by atoms with Gasteiger partial charge in [-0.15, -0.1) is 0 Å². The van der Waals surface area contributed by atoms with E-state index in [-0.39, 0.29) is 25.6 Å². The van der Waals surface area contributed by atoms with E-state index in [0.717, 1.165) is 16.9 Å². The Balaban J connectivity index is 0.00000289. The van der Waals surface area contributed by atoms with Crippen molar-refractivity contribution in [2.45, 2.75) is 37.4 Å². The van der Waals surface area contributed by atoms with Crippen LogP contribution in [0.1, 0.15) is 0 Å². The van der Waals surface area contributed by atoms with Gasteiger partial charge in [-0.2, -0.15) is 5.10 Å². The number of nitrogens with zero attached hydrogens (tertiary/aromatic N) is 2. The van der Waals surface area contributed by atoms with Crippen molar-refractivity contribution in [3.8, 4) is 0 Å². The molecule has 1 atom stereocenters. The largest absolute Gasteiger partial charge is 1.00 e. The predicted octanol–water partition coefficient (Wildman–Crippen LogP) is -1.42. The topological polar surface area (TPSA) is 67.2 Å². The summed E-state index contributed by atoms with van der Waals surface area (Å²) in [5.41, 5.74) is 0. The molecule has 0 spiro atoms. The number of aromatic nitrogens is 2. The average molecular weight is 286 g/mol. The quantitative estimate of drug-likeness (QED) is 0.365. The molecule has 0 aliphatic carbocycles. The summed E-state index contributed by atoms with van der Waals surface area (Å²) in [6.07, 6.45) is 0.868. The van der Waals surface area contributed by atoms with Crippen molar-refractivity contribution in [1.82, 2.24) is 9.78 Å². The molecule has 18 heavy (non-hydrogen) atoms. The van der Waals surface area contributed by atoms with Gasteiger partial charge in [-0.25, -0.2) is 9.07 Å². The summed E-state index contributed by atoms with van der Waals surface area (Å²) >= 11 is -2.64. The predicted molar refractivity (Wildman–Crippen MR) is 63.5 cm³/mol. The van der Waals surface area contributed by atoms with Crippen LogP contribution in [-0.4, -0.2) is 33.2 Å². The van der Waals surface area contributed by atoms with Gasteiger partial charge < -0.3 is 9.29 Å². The second-order valence-corrected chi connectivity index (χ2v) is 11.4. The van der Waals surface area contributed by atoms with Gasteiger partial charge in [-0.1, -0.05) is 19.6 Å². The first-order chi connectivity index (χ1) is 7.81. The zero-order valence-corrected chi connectivity index (χ0v) is 12.9. The second kappa shape index (κ2) is 7.57. The molecule has 0 N–H and O–H groups in total. The monoisotopic (exact) mass is 286 g/mol. The Morgan fingerprint density at radius 1 is 1.56 bits per heavy atom. The fourth-order valence-electron chi connectivity index (χ4n) is 1.14. The Bertz CT molecular complexity index is 411. The second-order valence-electron chi connectivity index (χ2n) is 4.88. The molecule has 5 nitrogen and oxygen atoms in total. The van der Waals surface area contributed by atoms with Crippen molar-refractivity contribution in [1.29, 1.82) is 0 Å². The summed E-state index contributed by atoms with van der Waals surface area (Å²) in [5, 5.41) is 3.15. The van der Waals surface area contributed by atoms with E-state index < -0.39 is 30.0 Å². The van der Waals surface area contributed by atoms with Crippen LogP contribution in [0.25, 0.3) is 0 Å². The Morgan fingerprint density at radius 3 is 2.67 bits per heavy atom. The van der Waals surface area contributed by atoms with Crippen molar-refractivity contribution >= 4 is 19.2 Å². The zero-order valence-electron chi connectivity index (χ0n) is 11.1. The van der Waals surface area contributed by atoms with Crippen LogP contribution < -0.4 is 18.9 Å². The molecule has 1 aromatic heterocycles. The number of halogens is 1. The summed E-state index contributed by atoms with van der Waals surface area (Å²) in [4.78, 5) is 0. The Kier molecular flexibility index (Phi) is 7.58. The van der Waals surface area contributed by atoms with Crippen molar-refractivity contribution in [2.75, 3.05) is 6.61 Å². The van der Waals surface area contributed by atoms with E-state index in [2.05, 4.69) is 24.7 Å². The first-order valence-corrected chi connectivity index (χ1v) is 9.98. The maximum Gasteiger partial charge on any atom is 1.00 e. The van der Waals surface area contributed by atoms with Crippen LogP contribution in [-0.2, 0) is 22.5 Å². The number of rotatable bonds is 6. The van der Waals surface area contributed by atoms with Crippen LogP contribution in [0.4, 0.5) is 4.39 Å². The number of ether oxygens (including phenoxy) is 1. The third-order valence-electron chi connectivity index (χ3n) is 2.12. The minimum atomic E-state index is -2.64. The standard InChI is InChI=1S/C9H17FN2O3SSi.Li/c1-17(2,3)5-4-15-7-12-9(16(13)14)8(10)6-11-12;/h6H,4-5,7H2,1-3H3,(H,13,14);/q;+1/p-1. The van der Waals surface area contributed by atoms with Crippen molar-refractivity contribution in [3.05, 3.63) is 12.0 Å². The van der Waals surface area contributed by atoms with Crippen LogP contribution in [0.5, 0.6) is 0 Å². The van der Waals surface area contributed by atoms with E-state index in [1.807, 2.05) is 0 Å². The maximum absolute atomic E-state index is 13.0. The fraction of sp³-hybridized carbons (Fsp3) is 0.667. The van der Waals surface area contributed by atoms with Crippen LogP contribution in [0, 0.1) is 5.82 Å². The van der Waals surface area contributed by atoms with E-state index in [9.17, 15) is 13.2 Å². The third kappa shape index (κ3) is 5.78. The van der Waals surface area contributed by atoms with Gasteiger partial charge >= 0.3 is 18.9 Å². The summed E-state index contributed by atoms with van der Waals surface area (Å²) < 4.78 is 40.8. The van der Waals surface area contributed by atoms with Crippen molar-refractivity contribution in [3.63, 3.8) is 0 Å². The molecule has 0 amide bonds. The summed E-state index contributed by atoms with van der Waals surface area (Å²) in [6, 6.07) is 0.965. The van der Waals surface area contributed by atoms with E-state index in [0.29, 0.717) is 6.61 Å². The molecule has 0 saturated carbocycles. The molecule has 1 aromatic rings. The summed E-state index contributed by atoms with van der Waals surface area (Å²) in [6.45, 7) is 7.12. The van der Waals surface area contributed by atoms with E-state index in [4.69, 9.17) is 4.74 Å². The molecule has 0 aromatic carbocycles. The van der Waals surface area contributed by atoms with Gasteiger partial charge in [0, 0.05) is 25.8 Å². The molecule has 0 bridgehead atoms. The van der Waals surface area contributed by atoms with Crippen molar-refractivity contribution < 1.29 is 36.7 Å². The van der Waals surface area contributed by atoms with Crippen LogP contribution in [0.15, 0.2) is 11.2 Å². The van der Waals surface area contributed by atoms with E-state index >= 15 is 0 Å². The van der Waals surface area contributed by atoms with Crippen LogP contribution in [0.3, 0.4) is 0 Å². The minimum absolute atomic E-state index is 0. The smallest absolute Gasteiger partial charge is 0.767 e. The molecule has 1 rings (SSSR count). The summed E-state index contributed by atoms with van der Waals surface area (Å²) in [7, 11) is -1.18. The molecule has 0 saturated heterocycles. The van der Waals surface area contributed by atoms with Gasteiger partial charge in [0.15, 0.2) is 5.82 Å². The molecule has 9 heteroatoms. The zero-order chi connectivity index (χ0) is 13.1. The van der Waals surface area contributed by atoms with Gasteiger partial charge in [0.25, 0.3) is 0 Å². The average Bonchev–Trinajstić information content (AvgIpc) is 2.53. The molecular weight excluding hydrogens is 270 g/mol. The number of hydrogen-bond acceptors (Lipinski definition) is 4. The van der Waals surface area contributed by atoms with Crippen LogP contribution in [0.2, 0.25) is 25.7 Å². The molecule has 1 heterocycles. The van der Waals surface area contributed by atoms with Gasteiger partial charge in [-0.3, -0.25) is 4.21 Å². The third-order valence-corrected chi connectivity index (χ3v) is 4.54. The Hall–Kier alpha value is 0.0243. The molecule has 1 unspecified atom stereocenters. The van der Waals surface area contributed by atoms with Gasteiger partial charge in [0.1, 0.15) is 11.8 Å². The van der Waals surface area contributed by atoms with Gasteiger partial charge in [0.05, 0.1) is 6.20 Å². The minimum Gasteiger partial charge on any atom is -0.767 e. The summed E-state index contributed by atoms with van der Waals surface area (Å²) in [5.74, 6) is -0.855. The molecule has 0 radical (unpaired) electrons. The first kappa shape index (κ1) is 18.0. The van der Waals surface area contributed by atoms with Crippen LogP contribution >= 0.6 is 0 Å². The normalized spacial score (nSPS) is 13.2. The first-order valence-electron chi connectivity index (χ1n) is 5.19. The molecule has 0 fully saturated rings. The van der Waals surface area contributed by atoms with Gasteiger partial charge in [-0.05, 0) is 6.04 Å². The number of hydrogen-bond donors (Lipinski definition) is 0. The van der Waals surface area contributed by atoms with E-state index in [1.54, 1.807) is 0 Å². The van der Waals surface area contributed by atoms with E-state index in [1.165, 1.54) is 0 Å². The van der Waals surface area contributed by atoms with Crippen molar-refractivity contribution in [2.24, 2.45) is 0 Å². The Labute approximate surface area is 122 Å². The SMILES string of the molecule is C[Si](C)(C)CCOCn1ncc(F)c1S(=O)[O-].[Li+]. The van der Waals surface area contributed by atoms with Gasteiger partial charge in [0.2, 0.25) is 0 Å².